The van der Waals surface area contributed by atoms with Crippen molar-refractivity contribution in [2.24, 2.45) is 0 Å². The number of nitrogens with zero attached hydrogens (tertiary/aromatic N) is 2. The number of anilines is 3. The highest BCUT2D eigenvalue weighted by Crippen LogP contribution is 2.46. The van der Waals surface area contributed by atoms with Gasteiger partial charge in [-0.25, -0.2) is 4.85 Å². The Hall–Kier alpha value is -5.74. The Bertz CT molecular complexity index is 2460. The molecule has 7 aromatic rings. The first kappa shape index (κ1) is 29.2. The van der Waals surface area contributed by atoms with Gasteiger partial charge in [0, 0.05) is 26.9 Å². The van der Waals surface area contributed by atoms with Crippen LogP contribution in [0.5, 0.6) is 11.5 Å². The van der Waals surface area contributed by atoms with Crippen LogP contribution in [0, 0.1) is 13.5 Å². The fraction of sp³-hybridized carbons (Fsp3) is 0.0227. The largest absolute Gasteiger partial charge is 0.458 e. The third-order valence-electron chi connectivity index (χ3n) is 10.6. The summed E-state index contributed by atoms with van der Waals surface area (Å²) in [5.74, 6) is 1.74. The van der Waals surface area contributed by atoms with Gasteiger partial charge in [-0.05, 0) is 80.6 Å². The molecule has 0 N–H and O–H groups in total. The summed E-state index contributed by atoms with van der Waals surface area (Å²) in [5.41, 5.74) is 8.64. The van der Waals surface area contributed by atoms with Gasteiger partial charge in [-0.1, -0.05) is 127 Å². The van der Waals surface area contributed by atoms with Crippen LogP contribution in [0.2, 0.25) is 0 Å². The van der Waals surface area contributed by atoms with Crippen LogP contribution in [-0.4, -0.2) is 14.8 Å². The van der Waals surface area contributed by atoms with Gasteiger partial charge in [0.05, 0.1) is 6.57 Å². The lowest BCUT2D eigenvalue weighted by atomic mass is 9.35. The molecule has 0 fully saturated rings. The van der Waals surface area contributed by atoms with Crippen LogP contribution >= 0.6 is 11.8 Å². The van der Waals surface area contributed by atoms with Gasteiger partial charge >= 0.3 is 0 Å². The summed E-state index contributed by atoms with van der Waals surface area (Å²) in [4.78, 5) is 8.70. The molecule has 7 aromatic carbocycles. The zero-order chi connectivity index (χ0) is 33.4. The van der Waals surface area contributed by atoms with Crippen molar-refractivity contribution in [3.8, 4) is 11.5 Å². The SMILES string of the molecule is [C-]#[N+]c1cc(C)c2c3c1Sc1ccccc1B3c1c(cccc1N1c3ccccc3[Si](c3ccccc3)(c3ccccc3)c3ccccc31)O2. The van der Waals surface area contributed by atoms with Crippen molar-refractivity contribution in [2.45, 2.75) is 16.7 Å². The van der Waals surface area contributed by atoms with Gasteiger partial charge < -0.3 is 9.64 Å². The molecule has 0 amide bonds. The van der Waals surface area contributed by atoms with Crippen molar-refractivity contribution in [1.29, 1.82) is 0 Å². The standard InChI is InChI=1S/C44H29BN2OSSi/c1-29-28-33(46-2)44-42-43(29)48-37-24-15-23-36(41(37)45(42)32-20-9-12-25-38(32)49-44)47-34-21-10-13-26-39(34)50(30-16-5-3-6-17-30,31-18-7-4-8-19-31)40-27-14-11-22-35(40)47/h3-28H,1H3. The zero-order valence-electron chi connectivity index (χ0n) is 27.3. The zero-order valence-corrected chi connectivity index (χ0v) is 29.1. The maximum absolute atomic E-state index is 8.13. The maximum Gasteiger partial charge on any atom is 0.254 e. The normalized spacial score (nSPS) is 14.2. The summed E-state index contributed by atoms with van der Waals surface area (Å²) in [6.07, 6.45) is 0. The molecule has 50 heavy (non-hydrogen) atoms. The first-order valence-electron chi connectivity index (χ1n) is 16.9. The first-order chi connectivity index (χ1) is 24.7. The van der Waals surface area contributed by atoms with Gasteiger partial charge in [-0.2, -0.15) is 0 Å². The van der Waals surface area contributed by atoms with Gasteiger partial charge in [0.2, 0.25) is 5.69 Å². The predicted molar refractivity (Wildman–Crippen MR) is 211 cm³/mol. The van der Waals surface area contributed by atoms with Crippen molar-refractivity contribution in [3.63, 3.8) is 0 Å². The van der Waals surface area contributed by atoms with Crippen molar-refractivity contribution < 1.29 is 4.74 Å². The summed E-state index contributed by atoms with van der Waals surface area (Å²) in [5, 5.41) is 5.45. The minimum atomic E-state index is -2.75. The third kappa shape index (κ3) is 3.93. The number of rotatable bonds is 3. The average Bonchev–Trinajstić information content (AvgIpc) is 3.18. The van der Waals surface area contributed by atoms with Crippen molar-refractivity contribution in [1.82, 2.24) is 0 Å². The van der Waals surface area contributed by atoms with Crippen LogP contribution in [0.25, 0.3) is 4.85 Å². The summed E-state index contributed by atoms with van der Waals surface area (Å²) in [6, 6.07) is 57.5. The molecule has 3 nitrogen and oxygen atoms in total. The van der Waals surface area contributed by atoms with E-state index in [-0.39, 0.29) is 6.71 Å². The van der Waals surface area contributed by atoms with Gasteiger partial charge in [0.15, 0.2) is 8.07 Å². The molecule has 0 atom stereocenters. The molecular formula is C44H29BN2OSSi. The van der Waals surface area contributed by atoms with E-state index in [0.29, 0.717) is 5.69 Å². The van der Waals surface area contributed by atoms with Crippen LogP contribution in [0.1, 0.15) is 5.56 Å². The van der Waals surface area contributed by atoms with Gasteiger partial charge in [0.1, 0.15) is 11.5 Å². The molecule has 234 valence electrons. The lowest BCUT2D eigenvalue weighted by Gasteiger charge is -2.46. The molecule has 0 saturated carbocycles. The topological polar surface area (TPSA) is 16.8 Å². The Labute approximate surface area is 297 Å². The van der Waals surface area contributed by atoms with E-state index in [1.54, 1.807) is 11.8 Å². The first-order valence-corrected chi connectivity index (χ1v) is 19.7. The van der Waals surface area contributed by atoms with Crippen LogP contribution in [-0.2, 0) is 0 Å². The van der Waals surface area contributed by atoms with Gasteiger partial charge in [0.25, 0.3) is 6.71 Å². The number of para-hydroxylation sites is 2. The summed E-state index contributed by atoms with van der Waals surface area (Å²) < 4.78 is 6.92. The summed E-state index contributed by atoms with van der Waals surface area (Å²) >= 11 is 1.70. The van der Waals surface area contributed by atoms with Crippen LogP contribution in [0.3, 0.4) is 0 Å². The average molecular weight is 673 g/mol. The van der Waals surface area contributed by atoms with E-state index in [2.05, 4.69) is 168 Å². The number of ether oxygens (including phenoxy) is 1. The van der Waals surface area contributed by atoms with Gasteiger partial charge in [-0.15, -0.1) is 11.8 Å². The molecule has 6 heteroatoms. The molecule has 0 saturated heterocycles. The van der Waals surface area contributed by atoms with Crippen LogP contribution in [0.15, 0.2) is 168 Å². The van der Waals surface area contributed by atoms with Crippen LogP contribution in [0.4, 0.5) is 22.7 Å². The van der Waals surface area contributed by atoms with Crippen molar-refractivity contribution in [3.05, 3.63) is 175 Å². The van der Waals surface area contributed by atoms with E-state index in [4.69, 9.17) is 11.3 Å². The minimum absolute atomic E-state index is 0.0932. The van der Waals surface area contributed by atoms with Crippen LogP contribution < -0.4 is 46.8 Å². The Kier molecular flexibility index (Phi) is 6.51. The molecular weight excluding hydrogens is 643 g/mol. The highest BCUT2D eigenvalue weighted by molar-refractivity contribution is 8.00. The summed E-state index contributed by atoms with van der Waals surface area (Å²) in [6.45, 7) is 10.1. The maximum atomic E-state index is 8.13. The number of hydrogen-bond acceptors (Lipinski definition) is 3. The molecule has 3 aliphatic rings. The molecule has 0 radical (unpaired) electrons. The number of benzene rings is 7. The van der Waals surface area contributed by atoms with E-state index in [0.717, 1.165) is 38.6 Å². The molecule has 0 bridgehead atoms. The molecule has 3 heterocycles. The highest BCUT2D eigenvalue weighted by atomic mass is 32.2. The van der Waals surface area contributed by atoms with Crippen molar-refractivity contribution >= 4 is 86.4 Å². The smallest absolute Gasteiger partial charge is 0.254 e. The molecule has 10 rings (SSSR count). The number of aryl methyl sites for hydroxylation is 1. The van der Waals surface area contributed by atoms with E-state index >= 15 is 0 Å². The molecule has 0 aliphatic carbocycles. The fourth-order valence-electron chi connectivity index (χ4n) is 8.64. The lowest BCUT2D eigenvalue weighted by molar-refractivity contribution is 0.483. The molecule has 0 spiro atoms. The predicted octanol–water partition coefficient (Wildman–Crippen LogP) is 6.79. The Morgan fingerprint density at radius 1 is 0.640 bits per heavy atom. The lowest BCUT2D eigenvalue weighted by Crippen LogP contribution is -2.77. The molecule has 0 unspecified atom stereocenters. The Morgan fingerprint density at radius 2 is 1.22 bits per heavy atom. The third-order valence-corrected chi connectivity index (χ3v) is 16.7. The van der Waals surface area contributed by atoms with Crippen molar-refractivity contribution in [2.75, 3.05) is 4.90 Å². The second kappa shape index (κ2) is 11.1. The second-order valence-electron chi connectivity index (χ2n) is 13.1. The monoisotopic (exact) mass is 672 g/mol. The molecule has 3 aliphatic heterocycles. The van der Waals surface area contributed by atoms with E-state index < -0.39 is 8.07 Å². The number of hydrogen-bond donors (Lipinski definition) is 0. The second-order valence-corrected chi connectivity index (χ2v) is 17.9. The Balaban J connectivity index is 1.30. The summed E-state index contributed by atoms with van der Waals surface area (Å²) in [7, 11) is -2.75. The fourth-order valence-corrected chi connectivity index (χ4v) is 14.9. The number of fused-ring (bicyclic) bond motifs is 6. The quantitative estimate of drug-likeness (QED) is 0.152. The Morgan fingerprint density at radius 3 is 1.88 bits per heavy atom. The highest BCUT2D eigenvalue weighted by Gasteiger charge is 2.50. The van der Waals surface area contributed by atoms with E-state index in [1.807, 2.05) is 6.07 Å². The minimum Gasteiger partial charge on any atom is -0.458 e. The van der Waals surface area contributed by atoms with Gasteiger partial charge in [-0.3, -0.25) is 0 Å². The van der Waals surface area contributed by atoms with E-state index in [1.165, 1.54) is 42.5 Å². The van der Waals surface area contributed by atoms with E-state index in [9.17, 15) is 0 Å². The molecule has 0 aromatic heterocycles.